The van der Waals surface area contributed by atoms with Crippen molar-refractivity contribution in [3.63, 3.8) is 0 Å². The summed E-state index contributed by atoms with van der Waals surface area (Å²) in [4.78, 5) is 13.1. The number of methoxy groups -OCH3 is 1. The molecule has 34 heavy (non-hydrogen) atoms. The van der Waals surface area contributed by atoms with Gasteiger partial charge in [-0.3, -0.25) is 9.36 Å². The maximum Gasteiger partial charge on any atom is 0.237 e. The van der Waals surface area contributed by atoms with Gasteiger partial charge in [-0.05, 0) is 48.7 Å². The summed E-state index contributed by atoms with van der Waals surface area (Å²) in [5.74, 6) is 2.40. The number of nitrogens with one attached hydrogen (secondary N) is 1. The molecule has 0 fully saturated rings. The number of amides is 1. The first-order valence-electron chi connectivity index (χ1n) is 11.1. The minimum absolute atomic E-state index is 0.0893. The van der Waals surface area contributed by atoms with Crippen LogP contribution in [0.25, 0.3) is 11.4 Å². The number of rotatable bonds is 9. The van der Waals surface area contributed by atoms with Gasteiger partial charge in [0, 0.05) is 11.3 Å². The molecule has 176 valence electrons. The highest BCUT2D eigenvalue weighted by molar-refractivity contribution is 8.00. The van der Waals surface area contributed by atoms with Crippen LogP contribution >= 0.6 is 11.8 Å². The van der Waals surface area contributed by atoms with Gasteiger partial charge in [0.05, 0.1) is 25.2 Å². The number of ether oxygens (including phenoxy) is 1. The largest absolute Gasteiger partial charge is 0.497 e. The average molecular weight is 477 g/mol. The zero-order valence-electron chi connectivity index (χ0n) is 19.7. The van der Waals surface area contributed by atoms with E-state index in [-0.39, 0.29) is 5.91 Å². The first kappa shape index (κ1) is 23.6. The molecule has 0 aliphatic carbocycles. The molecule has 0 aliphatic rings. The Morgan fingerprint density at radius 1 is 1.09 bits per heavy atom. The Labute approximate surface area is 203 Å². The number of benzene rings is 2. The fraction of sp³-hybridized carbons (Fsp3) is 0.269. The maximum absolute atomic E-state index is 13.1. The molecule has 8 heteroatoms. The predicted octanol–water partition coefficient (Wildman–Crippen LogP) is 5.84. The summed E-state index contributed by atoms with van der Waals surface area (Å²) in [6, 6.07) is 19.3. The molecule has 0 bridgehead atoms. The highest BCUT2D eigenvalue weighted by atomic mass is 32.2. The van der Waals surface area contributed by atoms with Crippen molar-refractivity contribution in [3.05, 3.63) is 78.3 Å². The molecule has 0 saturated carbocycles. The lowest BCUT2D eigenvalue weighted by Crippen LogP contribution is -2.23. The maximum atomic E-state index is 13.1. The van der Waals surface area contributed by atoms with Crippen LogP contribution in [0.5, 0.6) is 5.75 Å². The van der Waals surface area contributed by atoms with Gasteiger partial charge in [0.1, 0.15) is 11.5 Å². The van der Waals surface area contributed by atoms with Gasteiger partial charge in [0.15, 0.2) is 11.0 Å². The summed E-state index contributed by atoms with van der Waals surface area (Å²) in [6.45, 7) is 6.54. The Balaban J connectivity index is 1.59. The van der Waals surface area contributed by atoms with E-state index in [1.54, 1.807) is 13.4 Å². The Hall–Kier alpha value is -3.52. The minimum atomic E-state index is -0.391. The summed E-state index contributed by atoms with van der Waals surface area (Å²) in [6.07, 6.45) is 1.64. The van der Waals surface area contributed by atoms with Gasteiger partial charge < -0.3 is 14.5 Å². The van der Waals surface area contributed by atoms with Crippen LogP contribution in [0.2, 0.25) is 0 Å². The number of aromatic nitrogens is 3. The normalized spacial score (nSPS) is 12.0. The van der Waals surface area contributed by atoms with Crippen LogP contribution in [-0.4, -0.2) is 33.0 Å². The third kappa shape index (κ3) is 5.34. The number of hydrogen-bond donors (Lipinski definition) is 1. The van der Waals surface area contributed by atoms with Crippen LogP contribution < -0.4 is 10.1 Å². The number of hydrogen-bond acceptors (Lipinski definition) is 6. The number of nitrogens with zero attached hydrogens (tertiary/aromatic N) is 3. The molecule has 1 N–H and O–H groups in total. The Morgan fingerprint density at radius 3 is 2.65 bits per heavy atom. The topological polar surface area (TPSA) is 82.2 Å². The van der Waals surface area contributed by atoms with E-state index >= 15 is 0 Å². The SMILES string of the molecule is COc1cccc(-c2nnc(SC(C)C(=O)Nc3ccccc3C(C)C)n2Cc2ccco2)c1. The van der Waals surface area contributed by atoms with Crippen LogP contribution in [0.3, 0.4) is 0 Å². The van der Waals surface area contributed by atoms with Crippen LogP contribution in [0, 0.1) is 0 Å². The highest BCUT2D eigenvalue weighted by Crippen LogP contribution is 2.30. The van der Waals surface area contributed by atoms with E-state index in [1.807, 2.05) is 72.2 Å². The van der Waals surface area contributed by atoms with Gasteiger partial charge in [0.2, 0.25) is 5.91 Å². The molecule has 2 aromatic heterocycles. The number of carbonyl (C=O) groups excluding carboxylic acids is 1. The van der Waals surface area contributed by atoms with E-state index in [0.717, 1.165) is 28.3 Å². The van der Waals surface area contributed by atoms with Crippen molar-refractivity contribution in [3.8, 4) is 17.1 Å². The molecular formula is C26H28N4O3S. The number of para-hydroxylation sites is 1. The molecule has 4 rings (SSSR count). The highest BCUT2D eigenvalue weighted by Gasteiger charge is 2.22. The fourth-order valence-electron chi connectivity index (χ4n) is 3.61. The van der Waals surface area contributed by atoms with Crippen molar-refractivity contribution in [2.75, 3.05) is 12.4 Å². The standard InChI is InChI=1S/C26H28N4O3S/c1-17(2)22-12-5-6-13-23(22)27-25(31)18(3)34-26-29-28-24(19-9-7-10-20(15-19)32-4)30(26)16-21-11-8-14-33-21/h5-15,17-18H,16H2,1-4H3,(H,27,31). The van der Waals surface area contributed by atoms with E-state index in [0.29, 0.717) is 23.4 Å². The second-order valence-corrected chi connectivity index (χ2v) is 9.50. The van der Waals surface area contributed by atoms with Crippen molar-refractivity contribution in [2.45, 2.75) is 43.6 Å². The van der Waals surface area contributed by atoms with Crippen molar-refractivity contribution in [1.29, 1.82) is 0 Å². The smallest absolute Gasteiger partial charge is 0.237 e. The Morgan fingerprint density at radius 2 is 1.91 bits per heavy atom. The molecule has 1 atom stereocenters. The zero-order valence-corrected chi connectivity index (χ0v) is 20.5. The van der Waals surface area contributed by atoms with Gasteiger partial charge in [-0.25, -0.2) is 0 Å². The summed E-state index contributed by atoms with van der Waals surface area (Å²) >= 11 is 1.36. The predicted molar refractivity (Wildman–Crippen MR) is 134 cm³/mol. The monoisotopic (exact) mass is 476 g/mol. The third-order valence-electron chi connectivity index (χ3n) is 5.43. The minimum Gasteiger partial charge on any atom is -0.497 e. The molecule has 2 heterocycles. The summed E-state index contributed by atoms with van der Waals surface area (Å²) in [7, 11) is 1.63. The molecule has 7 nitrogen and oxygen atoms in total. The second kappa shape index (κ2) is 10.6. The molecule has 0 aliphatic heterocycles. The fourth-order valence-corrected chi connectivity index (χ4v) is 4.46. The van der Waals surface area contributed by atoms with Crippen molar-refractivity contribution in [2.24, 2.45) is 0 Å². The first-order chi connectivity index (χ1) is 16.5. The van der Waals surface area contributed by atoms with E-state index in [9.17, 15) is 4.79 Å². The van der Waals surface area contributed by atoms with Gasteiger partial charge >= 0.3 is 0 Å². The van der Waals surface area contributed by atoms with E-state index in [1.165, 1.54) is 11.8 Å². The molecule has 4 aromatic rings. The lowest BCUT2D eigenvalue weighted by molar-refractivity contribution is -0.115. The Kier molecular flexibility index (Phi) is 7.37. The van der Waals surface area contributed by atoms with Crippen LogP contribution in [0.4, 0.5) is 5.69 Å². The van der Waals surface area contributed by atoms with Crippen molar-refractivity contribution < 1.29 is 13.9 Å². The number of anilines is 1. The molecule has 2 aromatic carbocycles. The van der Waals surface area contributed by atoms with Crippen LogP contribution in [-0.2, 0) is 11.3 Å². The van der Waals surface area contributed by atoms with E-state index < -0.39 is 5.25 Å². The molecule has 0 spiro atoms. The Bertz CT molecular complexity index is 1250. The molecular weight excluding hydrogens is 448 g/mol. The van der Waals surface area contributed by atoms with Gasteiger partial charge in [-0.1, -0.05) is 55.9 Å². The third-order valence-corrected chi connectivity index (χ3v) is 6.51. The van der Waals surface area contributed by atoms with E-state index in [2.05, 4.69) is 29.4 Å². The molecule has 0 radical (unpaired) electrons. The van der Waals surface area contributed by atoms with E-state index in [4.69, 9.17) is 9.15 Å². The average Bonchev–Trinajstić information content (AvgIpc) is 3.50. The van der Waals surface area contributed by atoms with Crippen LogP contribution in [0.1, 0.15) is 38.0 Å². The number of thioether (sulfide) groups is 1. The summed E-state index contributed by atoms with van der Waals surface area (Å²) in [5.41, 5.74) is 2.81. The summed E-state index contributed by atoms with van der Waals surface area (Å²) in [5, 5.41) is 12.2. The van der Waals surface area contributed by atoms with Gasteiger partial charge in [0.25, 0.3) is 0 Å². The van der Waals surface area contributed by atoms with Gasteiger partial charge in [-0.2, -0.15) is 0 Å². The quantitative estimate of drug-likeness (QED) is 0.306. The molecule has 1 unspecified atom stereocenters. The van der Waals surface area contributed by atoms with Crippen LogP contribution in [0.15, 0.2) is 76.5 Å². The van der Waals surface area contributed by atoms with Crippen molar-refractivity contribution >= 4 is 23.4 Å². The van der Waals surface area contributed by atoms with Crippen molar-refractivity contribution in [1.82, 2.24) is 14.8 Å². The molecule has 0 saturated heterocycles. The lowest BCUT2D eigenvalue weighted by atomic mass is 10.0. The van der Waals surface area contributed by atoms with Gasteiger partial charge in [-0.15, -0.1) is 10.2 Å². The molecule has 1 amide bonds. The zero-order chi connectivity index (χ0) is 24.1. The second-order valence-electron chi connectivity index (χ2n) is 8.19. The number of carbonyl (C=O) groups is 1. The first-order valence-corrected chi connectivity index (χ1v) is 12.0. The number of furan rings is 1. The lowest BCUT2D eigenvalue weighted by Gasteiger charge is -2.16. The summed E-state index contributed by atoms with van der Waals surface area (Å²) < 4.78 is 12.9.